The molecule has 6 heteroatoms. The Bertz CT molecular complexity index is 593. The molecule has 2 N–H and O–H groups in total. The van der Waals surface area contributed by atoms with Gasteiger partial charge in [-0.25, -0.2) is 12.8 Å². The van der Waals surface area contributed by atoms with E-state index in [1.54, 1.807) is 0 Å². The number of benzene rings is 1. The summed E-state index contributed by atoms with van der Waals surface area (Å²) in [5, 5.41) is 0. The summed E-state index contributed by atoms with van der Waals surface area (Å²) in [5.41, 5.74) is 6.00. The molecular formula is C14H21FN2O2S. The first kappa shape index (κ1) is 15.3. The van der Waals surface area contributed by atoms with Crippen LogP contribution in [-0.2, 0) is 10.0 Å². The zero-order chi connectivity index (χ0) is 15.0. The molecule has 0 radical (unpaired) electrons. The van der Waals surface area contributed by atoms with Crippen LogP contribution >= 0.6 is 0 Å². The molecule has 1 aromatic carbocycles. The van der Waals surface area contributed by atoms with Crippen LogP contribution in [0.25, 0.3) is 0 Å². The summed E-state index contributed by atoms with van der Waals surface area (Å²) >= 11 is 0. The fourth-order valence-corrected chi connectivity index (χ4v) is 4.02. The maximum absolute atomic E-state index is 13.8. The molecule has 0 saturated carbocycles. The maximum Gasteiger partial charge on any atom is 0.246 e. The Morgan fingerprint density at radius 2 is 1.95 bits per heavy atom. The molecule has 0 bridgehead atoms. The summed E-state index contributed by atoms with van der Waals surface area (Å²) in [4.78, 5) is -0.322. The lowest BCUT2D eigenvalue weighted by atomic mass is 9.79. The van der Waals surface area contributed by atoms with Gasteiger partial charge in [-0.05, 0) is 36.5 Å². The van der Waals surface area contributed by atoms with Gasteiger partial charge in [0.25, 0.3) is 0 Å². The second kappa shape index (κ2) is 5.33. The van der Waals surface area contributed by atoms with Crippen LogP contribution in [0, 0.1) is 11.2 Å². The van der Waals surface area contributed by atoms with Crippen molar-refractivity contribution < 1.29 is 12.8 Å². The molecule has 0 aromatic heterocycles. The predicted molar refractivity (Wildman–Crippen MR) is 77.2 cm³/mol. The number of nitrogen functional groups attached to an aromatic ring is 1. The summed E-state index contributed by atoms with van der Waals surface area (Å²) in [7, 11) is -3.80. The molecule has 20 heavy (non-hydrogen) atoms. The third-order valence-electron chi connectivity index (χ3n) is 4.36. The number of nitrogens with zero attached hydrogens (tertiary/aromatic N) is 1. The van der Waals surface area contributed by atoms with Gasteiger partial charge < -0.3 is 5.73 Å². The van der Waals surface area contributed by atoms with Gasteiger partial charge in [0.05, 0.1) is 0 Å². The van der Waals surface area contributed by atoms with Gasteiger partial charge in [-0.15, -0.1) is 0 Å². The number of halogens is 1. The van der Waals surface area contributed by atoms with E-state index >= 15 is 0 Å². The predicted octanol–water partition coefficient (Wildman–Crippen LogP) is 2.61. The van der Waals surface area contributed by atoms with Crippen LogP contribution in [-0.4, -0.2) is 25.8 Å². The van der Waals surface area contributed by atoms with Crippen LogP contribution in [0.4, 0.5) is 10.1 Å². The Hall–Kier alpha value is -1.14. The quantitative estimate of drug-likeness (QED) is 0.873. The number of rotatable bonds is 3. The molecular weight excluding hydrogens is 279 g/mol. The molecule has 0 amide bonds. The highest BCUT2D eigenvalue weighted by molar-refractivity contribution is 7.89. The average molecular weight is 300 g/mol. The molecule has 1 heterocycles. The van der Waals surface area contributed by atoms with Crippen molar-refractivity contribution in [2.75, 3.05) is 18.8 Å². The molecule has 0 atom stereocenters. The molecule has 112 valence electrons. The number of piperidine rings is 1. The summed E-state index contributed by atoms with van der Waals surface area (Å²) in [6, 6.07) is 3.65. The van der Waals surface area contributed by atoms with Crippen molar-refractivity contribution in [3.8, 4) is 0 Å². The highest BCUT2D eigenvalue weighted by atomic mass is 32.2. The number of hydrogen-bond donors (Lipinski definition) is 1. The fraction of sp³-hybridized carbons (Fsp3) is 0.571. The zero-order valence-electron chi connectivity index (χ0n) is 11.9. The SMILES string of the molecule is CCC1(C)CCN(S(=O)(=O)c2cc(N)ccc2F)CC1. The third kappa shape index (κ3) is 2.81. The lowest BCUT2D eigenvalue weighted by Crippen LogP contribution is -2.42. The van der Waals surface area contributed by atoms with Crippen molar-refractivity contribution in [1.82, 2.24) is 4.31 Å². The Labute approximate surface area is 119 Å². The standard InChI is InChI=1S/C14H21FN2O2S/c1-3-14(2)6-8-17(9-7-14)20(18,19)13-10-11(16)4-5-12(13)15/h4-5,10H,3,6-9,16H2,1-2H3. The smallest absolute Gasteiger partial charge is 0.246 e. The van der Waals surface area contributed by atoms with Crippen LogP contribution in [0.1, 0.15) is 33.1 Å². The fourth-order valence-electron chi connectivity index (χ4n) is 2.48. The van der Waals surface area contributed by atoms with Crippen LogP contribution in [0.3, 0.4) is 0 Å². The van der Waals surface area contributed by atoms with Crippen molar-refractivity contribution in [2.24, 2.45) is 5.41 Å². The van der Waals surface area contributed by atoms with E-state index in [0.29, 0.717) is 13.1 Å². The first-order valence-electron chi connectivity index (χ1n) is 6.84. The molecule has 0 unspecified atom stereocenters. The minimum absolute atomic E-state index is 0.181. The molecule has 0 aliphatic carbocycles. The van der Waals surface area contributed by atoms with Crippen LogP contribution in [0.5, 0.6) is 0 Å². The van der Waals surface area contributed by atoms with Gasteiger partial charge in [0.15, 0.2) is 0 Å². The molecule has 1 aliphatic rings. The van der Waals surface area contributed by atoms with Crippen molar-refractivity contribution >= 4 is 15.7 Å². The van der Waals surface area contributed by atoms with Crippen molar-refractivity contribution in [1.29, 1.82) is 0 Å². The summed E-state index contributed by atoms with van der Waals surface area (Å²) in [5.74, 6) is -0.747. The topological polar surface area (TPSA) is 63.4 Å². The van der Waals surface area contributed by atoms with E-state index in [-0.39, 0.29) is 16.0 Å². The highest BCUT2D eigenvalue weighted by Crippen LogP contribution is 2.36. The Morgan fingerprint density at radius 1 is 1.35 bits per heavy atom. The molecule has 2 rings (SSSR count). The van der Waals surface area contributed by atoms with Gasteiger partial charge in [0.1, 0.15) is 10.7 Å². The Balaban J connectivity index is 2.26. The lowest BCUT2D eigenvalue weighted by Gasteiger charge is -2.38. The number of sulfonamides is 1. The van der Waals surface area contributed by atoms with E-state index in [0.717, 1.165) is 25.3 Å². The zero-order valence-corrected chi connectivity index (χ0v) is 12.7. The molecule has 1 fully saturated rings. The van der Waals surface area contributed by atoms with E-state index in [9.17, 15) is 12.8 Å². The maximum atomic E-state index is 13.8. The summed E-state index contributed by atoms with van der Waals surface area (Å²) in [6.45, 7) is 5.14. The van der Waals surface area contributed by atoms with Gasteiger partial charge in [-0.3, -0.25) is 0 Å². The normalized spacial score (nSPS) is 19.9. The first-order chi connectivity index (χ1) is 9.28. The lowest BCUT2D eigenvalue weighted by molar-refractivity contribution is 0.168. The van der Waals surface area contributed by atoms with Crippen LogP contribution in [0.15, 0.2) is 23.1 Å². The number of anilines is 1. The van der Waals surface area contributed by atoms with E-state index in [4.69, 9.17) is 5.73 Å². The van der Waals surface area contributed by atoms with Gasteiger partial charge in [0, 0.05) is 18.8 Å². The van der Waals surface area contributed by atoms with Crippen molar-refractivity contribution in [2.45, 2.75) is 38.0 Å². The van der Waals surface area contributed by atoms with Crippen molar-refractivity contribution in [3.63, 3.8) is 0 Å². The van der Waals surface area contributed by atoms with E-state index in [1.807, 2.05) is 0 Å². The van der Waals surface area contributed by atoms with Gasteiger partial charge >= 0.3 is 0 Å². The van der Waals surface area contributed by atoms with E-state index < -0.39 is 15.8 Å². The minimum Gasteiger partial charge on any atom is -0.399 e. The second-order valence-corrected chi connectivity index (χ2v) is 7.66. The van der Waals surface area contributed by atoms with Gasteiger partial charge in [-0.2, -0.15) is 4.31 Å². The Morgan fingerprint density at radius 3 is 2.50 bits per heavy atom. The van der Waals surface area contributed by atoms with Crippen molar-refractivity contribution in [3.05, 3.63) is 24.0 Å². The van der Waals surface area contributed by atoms with Gasteiger partial charge in [0.2, 0.25) is 10.0 Å². The molecule has 4 nitrogen and oxygen atoms in total. The molecule has 1 aliphatic heterocycles. The second-order valence-electron chi connectivity index (χ2n) is 5.76. The van der Waals surface area contributed by atoms with Gasteiger partial charge in [-0.1, -0.05) is 20.3 Å². The monoisotopic (exact) mass is 300 g/mol. The minimum atomic E-state index is -3.80. The number of hydrogen-bond acceptors (Lipinski definition) is 3. The summed E-state index contributed by atoms with van der Waals surface area (Å²) in [6.07, 6.45) is 2.62. The van der Waals surface area contributed by atoms with E-state index in [2.05, 4.69) is 13.8 Å². The summed E-state index contributed by atoms with van der Waals surface area (Å²) < 4.78 is 40.1. The highest BCUT2D eigenvalue weighted by Gasteiger charge is 2.35. The number of nitrogens with two attached hydrogens (primary N) is 1. The molecule has 0 spiro atoms. The first-order valence-corrected chi connectivity index (χ1v) is 8.28. The molecule has 1 saturated heterocycles. The Kier molecular flexibility index (Phi) is 4.07. The van der Waals surface area contributed by atoms with Crippen LogP contribution < -0.4 is 5.73 Å². The largest absolute Gasteiger partial charge is 0.399 e. The third-order valence-corrected chi connectivity index (χ3v) is 6.27. The van der Waals surface area contributed by atoms with E-state index in [1.165, 1.54) is 16.4 Å². The molecule has 1 aromatic rings. The average Bonchev–Trinajstić information content (AvgIpc) is 2.42. The van der Waals surface area contributed by atoms with Crippen LogP contribution in [0.2, 0.25) is 0 Å².